The summed E-state index contributed by atoms with van der Waals surface area (Å²) >= 11 is 3.14. The minimum absolute atomic E-state index is 0.0850. The number of benzene rings is 2. The van der Waals surface area contributed by atoms with E-state index < -0.39 is 0 Å². The number of hydrogen-bond donors (Lipinski definition) is 0. The van der Waals surface area contributed by atoms with Gasteiger partial charge < -0.3 is 4.90 Å². The van der Waals surface area contributed by atoms with E-state index in [-0.39, 0.29) is 17.0 Å². The fourth-order valence-corrected chi connectivity index (χ4v) is 5.69. The Morgan fingerprint density at radius 1 is 1.09 bits per heavy atom. The van der Waals surface area contributed by atoms with Crippen molar-refractivity contribution in [3.8, 4) is 17.1 Å². The zero-order chi connectivity index (χ0) is 22.1. The Morgan fingerprint density at radius 3 is 2.66 bits per heavy atom. The zero-order valence-corrected chi connectivity index (χ0v) is 19.1. The third-order valence-electron chi connectivity index (χ3n) is 5.50. The van der Waals surface area contributed by atoms with E-state index >= 15 is 0 Å². The summed E-state index contributed by atoms with van der Waals surface area (Å²) in [4.78, 5) is 16.5. The maximum Gasteiger partial charge on any atom is 0.236 e. The van der Waals surface area contributed by atoms with Crippen molar-refractivity contribution in [2.24, 2.45) is 0 Å². The van der Waals surface area contributed by atoms with Gasteiger partial charge in [-0.05, 0) is 54.6 Å². The van der Waals surface area contributed by atoms with Gasteiger partial charge in [-0.15, -0.1) is 21.5 Å². The highest BCUT2D eigenvalue weighted by Gasteiger charge is 2.28. The van der Waals surface area contributed by atoms with Crippen LogP contribution in [0.25, 0.3) is 17.1 Å². The lowest BCUT2D eigenvalue weighted by molar-refractivity contribution is -0.131. The molecule has 32 heavy (non-hydrogen) atoms. The van der Waals surface area contributed by atoms with E-state index in [4.69, 9.17) is 0 Å². The van der Waals surface area contributed by atoms with E-state index in [2.05, 4.69) is 21.6 Å². The lowest BCUT2D eigenvalue weighted by Gasteiger charge is -2.29. The molecule has 0 N–H and O–H groups in total. The Morgan fingerprint density at radius 2 is 1.88 bits per heavy atom. The van der Waals surface area contributed by atoms with Crippen molar-refractivity contribution in [1.29, 1.82) is 0 Å². The van der Waals surface area contributed by atoms with Gasteiger partial charge in [0.1, 0.15) is 5.82 Å². The summed E-state index contributed by atoms with van der Waals surface area (Å²) in [5, 5.41) is 11.2. The Hall–Kier alpha value is -2.97. The number of aromatic nitrogens is 3. The third kappa shape index (κ3) is 4.08. The smallest absolute Gasteiger partial charge is 0.236 e. The molecule has 1 unspecified atom stereocenters. The van der Waals surface area contributed by atoms with Gasteiger partial charge in [-0.3, -0.25) is 9.36 Å². The summed E-state index contributed by atoms with van der Waals surface area (Å²) in [7, 11) is 0. The molecule has 0 saturated carbocycles. The van der Waals surface area contributed by atoms with Crippen molar-refractivity contribution in [2.75, 3.05) is 6.54 Å². The average Bonchev–Trinajstić information content (AvgIpc) is 3.46. The van der Waals surface area contributed by atoms with E-state index in [9.17, 15) is 9.18 Å². The molecule has 4 aromatic rings. The molecule has 5 rings (SSSR count). The van der Waals surface area contributed by atoms with Crippen LogP contribution in [0.1, 0.15) is 17.4 Å². The molecule has 1 aliphatic rings. The van der Waals surface area contributed by atoms with E-state index in [0.717, 1.165) is 24.2 Å². The van der Waals surface area contributed by atoms with Gasteiger partial charge in [-0.25, -0.2) is 4.39 Å². The minimum atomic E-state index is -0.331. The van der Waals surface area contributed by atoms with Crippen LogP contribution in [0.15, 0.2) is 71.2 Å². The molecule has 0 spiro atoms. The van der Waals surface area contributed by atoms with E-state index in [1.807, 2.05) is 46.7 Å². The number of fused-ring (bicyclic) bond motifs is 1. The van der Waals surface area contributed by atoms with Gasteiger partial charge in [0.15, 0.2) is 11.0 Å². The molecule has 0 bridgehead atoms. The Kier molecular flexibility index (Phi) is 5.80. The van der Waals surface area contributed by atoms with Crippen LogP contribution in [-0.4, -0.2) is 37.4 Å². The van der Waals surface area contributed by atoms with Gasteiger partial charge in [-0.2, -0.15) is 0 Å². The first-order valence-corrected chi connectivity index (χ1v) is 12.1. The molecule has 162 valence electrons. The Labute approximate surface area is 193 Å². The molecule has 2 aromatic heterocycles. The molecule has 0 radical (unpaired) electrons. The minimum Gasteiger partial charge on any atom is -0.337 e. The molecule has 2 aromatic carbocycles. The number of carbonyl (C=O) groups is 1. The van der Waals surface area contributed by atoms with Gasteiger partial charge in [0, 0.05) is 29.2 Å². The number of thioether (sulfide) groups is 1. The van der Waals surface area contributed by atoms with Crippen LogP contribution in [0.4, 0.5) is 4.39 Å². The molecule has 1 aliphatic heterocycles. The van der Waals surface area contributed by atoms with Crippen molar-refractivity contribution < 1.29 is 9.18 Å². The number of halogens is 1. The fraction of sp³-hybridized carbons (Fsp3) is 0.208. The quantitative estimate of drug-likeness (QED) is 0.381. The summed E-state index contributed by atoms with van der Waals surface area (Å²) in [5.41, 5.74) is 2.89. The molecule has 0 aliphatic carbocycles. The second kappa shape index (κ2) is 8.88. The summed E-state index contributed by atoms with van der Waals surface area (Å²) in [6.45, 7) is 3.29. The first-order chi connectivity index (χ1) is 15.6. The van der Waals surface area contributed by atoms with Gasteiger partial charge in [0.05, 0.1) is 5.25 Å². The van der Waals surface area contributed by atoms with Crippen LogP contribution < -0.4 is 0 Å². The van der Waals surface area contributed by atoms with Crippen LogP contribution in [0.3, 0.4) is 0 Å². The van der Waals surface area contributed by atoms with Crippen LogP contribution in [-0.2, 0) is 17.8 Å². The Balaban J connectivity index is 1.44. The highest BCUT2D eigenvalue weighted by atomic mass is 32.2. The number of amides is 1. The first kappa shape index (κ1) is 20.9. The van der Waals surface area contributed by atoms with Crippen LogP contribution in [0, 0.1) is 5.82 Å². The SMILES string of the molecule is CC(Sc1nnc(-c2ccccc2)n1-c1ccc(F)cc1)C(=O)N1CCc2sccc2C1. The second-order valence-corrected chi connectivity index (χ2v) is 9.93. The summed E-state index contributed by atoms with van der Waals surface area (Å²) in [6.07, 6.45) is 0.903. The molecular formula is C24H21FN4OS2. The maximum atomic E-state index is 13.6. The molecular weight excluding hydrogens is 443 g/mol. The van der Waals surface area contributed by atoms with Crippen LogP contribution >= 0.6 is 23.1 Å². The Bertz CT molecular complexity index is 1240. The largest absolute Gasteiger partial charge is 0.337 e. The van der Waals surface area contributed by atoms with E-state index in [1.54, 1.807) is 23.5 Å². The first-order valence-electron chi connectivity index (χ1n) is 10.4. The highest BCUT2D eigenvalue weighted by molar-refractivity contribution is 8.00. The van der Waals surface area contributed by atoms with Gasteiger partial charge in [-0.1, -0.05) is 42.1 Å². The third-order valence-corrected chi connectivity index (χ3v) is 7.55. The van der Waals surface area contributed by atoms with Crippen LogP contribution in [0.5, 0.6) is 0 Å². The van der Waals surface area contributed by atoms with Crippen molar-refractivity contribution in [2.45, 2.75) is 30.3 Å². The monoisotopic (exact) mass is 464 g/mol. The van der Waals surface area contributed by atoms with Crippen molar-refractivity contribution in [1.82, 2.24) is 19.7 Å². The lowest BCUT2D eigenvalue weighted by Crippen LogP contribution is -2.39. The van der Waals surface area contributed by atoms with Crippen LogP contribution in [0.2, 0.25) is 0 Å². The number of thiophene rings is 1. The van der Waals surface area contributed by atoms with Gasteiger partial charge >= 0.3 is 0 Å². The van der Waals surface area contributed by atoms with Crippen molar-refractivity contribution in [3.05, 3.63) is 82.3 Å². The molecule has 8 heteroatoms. The van der Waals surface area contributed by atoms with E-state index in [1.165, 1.54) is 34.3 Å². The van der Waals surface area contributed by atoms with Crippen molar-refractivity contribution >= 4 is 29.0 Å². The lowest BCUT2D eigenvalue weighted by atomic mass is 10.1. The van der Waals surface area contributed by atoms with Gasteiger partial charge in [0.2, 0.25) is 5.91 Å². The number of hydrogen-bond acceptors (Lipinski definition) is 5. The molecule has 1 amide bonds. The molecule has 5 nitrogen and oxygen atoms in total. The summed E-state index contributed by atoms with van der Waals surface area (Å²) in [6, 6.07) is 18.1. The number of nitrogens with zero attached hydrogens (tertiary/aromatic N) is 4. The van der Waals surface area contributed by atoms with Crippen molar-refractivity contribution in [3.63, 3.8) is 0 Å². The predicted molar refractivity (Wildman–Crippen MR) is 126 cm³/mol. The fourth-order valence-electron chi connectivity index (χ4n) is 3.85. The number of carbonyl (C=O) groups excluding carboxylic acids is 1. The molecule has 1 atom stereocenters. The topological polar surface area (TPSA) is 51.0 Å². The molecule has 3 heterocycles. The second-order valence-electron chi connectivity index (χ2n) is 7.62. The maximum absolute atomic E-state index is 13.6. The summed E-state index contributed by atoms with van der Waals surface area (Å²) < 4.78 is 15.4. The zero-order valence-electron chi connectivity index (χ0n) is 17.4. The molecule has 0 saturated heterocycles. The van der Waals surface area contributed by atoms with E-state index in [0.29, 0.717) is 17.5 Å². The summed E-state index contributed by atoms with van der Waals surface area (Å²) in [5.74, 6) is 0.431. The standard InChI is InChI=1S/C24H21FN4OS2/c1-16(23(30)28-13-11-21-18(15-28)12-14-31-21)32-24-27-26-22(17-5-3-2-4-6-17)29(24)20-9-7-19(25)8-10-20/h2-10,12,14,16H,11,13,15H2,1H3. The highest BCUT2D eigenvalue weighted by Crippen LogP contribution is 2.32. The molecule has 0 fully saturated rings. The number of rotatable bonds is 5. The normalized spacial score (nSPS) is 14.2. The van der Waals surface area contributed by atoms with Gasteiger partial charge in [0.25, 0.3) is 0 Å². The average molecular weight is 465 g/mol. The predicted octanol–water partition coefficient (Wildman–Crippen LogP) is 5.20.